The van der Waals surface area contributed by atoms with E-state index >= 15 is 4.39 Å². The summed E-state index contributed by atoms with van der Waals surface area (Å²) in [5.41, 5.74) is -0.463. The van der Waals surface area contributed by atoms with E-state index in [0.29, 0.717) is 11.1 Å². The minimum atomic E-state index is -3.99. The number of aromatic nitrogens is 3. The van der Waals surface area contributed by atoms with Gasteiger partial charge in [-0.1, -0.05) is 6.92 Å². The van der Waals surface area contributed by atoms with E-state index in [9.17, 15) is 26.0 Å². The van der Waals surface area contributed by atoms with Crippen molar-refractivity contribution in [3.63, 3.8) is 0 Å². The SMILES string of the molecule is CCCS(=O)(=O)Nc1ccc(F)c(C(=O)c2c[nH]c3ncc(-c4ccc(S(N)(=O)=O)nc4)cc23)c1F. The van der Waals surface area contributed by atoms with Crippen molar-refractivity contribution in [1.29, 1.82) is 0 Å². The molecule has 0 spiro atoms. The number of aromatic amines is 1. The van der Waals surface area contributed by atoms with Crippen molar-refractivity contribution in [2.45, 2.75) is 18.4 Å². The number of primary sulfonamides is 1. The maximum Gasteiger partial charge on any atom is 0.255 e. The normalized spacial score (nSPS) is 12.1. The Labute approximate surface area is 204 Å². The molecule has 4 rings (SSSR count). The summed E-state index contributed by atoms with van der Waals surface area (Å²) < 4.78 is 78.7. The van der Waals surface area contributed by atoms with E-state index in [1.165, 1.54) is 36.8 Å². The summed E-state index contributed by atoms with van der Waals surface area (Å²) in [4.78, 5) is 24.0. The molecule has 3 aromatic heterocycles. The Balaban J connectivity index is 1.76. The molecule has 36 heavy (non-hydrogen) atoms. The summed E-state index contributed by atoms with van der Waals surface area (Å²) in [5.74, 6) is -3.83. The van der Waals surface area contributed by atoms with Gasteiger partial charge in [-0.3, -0.25) is 9.52 Å². The number of ketones is 1. The number of hydrogen-bond donors (Lipinski definition) is 3. The highest BCUT2D eigenvalue weighted by molar-refractivity contribution is 7.92. The van der Waals surface area contributed by atoms with E-state index in [0.717, 1.165) is 12.1 Å². The Morgan fingerprint density at radius 1 is 1.06 bits per heavy atom. The standard InChI is InChI=1S/C22H19F2N5O5S2/c1-2-7-35(31,32)29-17-5-4-16(23)19(20(17)24)21(30)15-11-28-22-14(15)8-13(10-27-22)12-3-6-18(26-9-12)36(25,33)34/h3-6,8-11,29H,2,7H2,1H3,(H,27,28)(H2,25,33,34). The largest absolute Gasteiger partial charge is 0.345 e. The highest BCUT2D eigenvalue weighted by Gasteiger charge is 2.26. The van der Waals surface area contributed by atoms with Gasteiger partial charge in [-0.05, 0) is 36.8 Å². The first-order valence-corrected chi connectivity index (χ1v) is 13.6. The average Bonchev–Trinajstić information content (AvgIpc) is 3.24. The van der Waals surface area contributed by atoms with Crippen molar-refractivity contribution < 1.29 is 30.4 Å². The first-order valence-electron chi connectivity index (χ1n) is 10.4. The van der Waals surface area contributed by atoms with Crippen LogP contribution in [-0.2, 0) is 20.0 Å². The lowest BCUT2D eigenvalue weighted by atomic mass is 10.00. The van der Waals surface area contributed by atoms with Gasteiger partial charge in [0.1, 0.15) is 11.5 Å². The first kappa shape index (κ1) is 25.3. The average molecular weight is 536 g/mol. The molecule has 0 bridgehead atoms. The molecule has 10 nitrogen and oxygen atoms in total. The molecule has 0 amide bonds. The molecule has 0 aliphatic rings. The number of nitrogens with two attached hydrogens (primary N) is 1. The van der Waals surface area contributed by atoms with E-state index in [-0.39, 0.29) is 33.8 Å². The Hall–Kier alpha value is -3.75. The van der Waals surface area contributed by atoms with Gasteiger partial charge in [-0.2, -0.15) is 0 Å². The number of nitrogens with zero attached hydrogens (tertiary/aromatic N) is 2. The Bertz CT molecular complexity index is 1700. The lowest BCUT2D eigenvalue weighted by Gasteiger charge is -2.11. The van der Waals surface area contributed by atoms with Crippen LogP contribution in [0, 0.1) is 11.6 Å². The monoisotopic (exact) mass is 535 g/mol. The van der Waals surface area contributed by atoms with Crippen molar-refractivity contribution in [3.8, 4) is 11.1 Å². The predicted molar refractivity (Wildman–Crippen MR) is 128 cm³/mol. The number of carbonyl (C=O) groups excluding carboxylic acids is 1. The number of H-pyrrole nitrogens is 1. The van der Waals surface area contributed by atoms with E-state index in [2.05, 4.69) is 15.0 Å². The molecule has 0 radical (unpaired) electrons. The second-order valence-electron chi connectivity index (χ2n) is 7.79. The molecule has 0 aliphatic heterocycles. The quantitative estimate of drug-likeness (QED) is 0.292. The molecule has 0 atom stereocenters. The number of benzene rings is 1. The molecule has 14 heteroatoms. The van der Waals surface area contributed by atoms with Crippen LogP contribution in [0.25, 0.3) is 22.2 Å². The fraction of sp³-hybridized carbons (Fsp3) is 0.136. The van der Waals surface area contributed by atoms with Gasteiger partial charge in [0.05, 0.1) is 17.0 Å². The fourth-order valence-corrected chi connectivity index (χ4v) is 5.12. The molecule has 3 heterocycles. The molecule has 0 fully saturated rings. The van der Waals surface area contributed by atoms with E-state index in [1.807, 2.05) is 4.72 Å². The lowest BCUT2D eigenvalue weighted by Crippen LogP contribution is -2.18. The van der Waals surface area contributed by atoms with E-state index in [1.54, 1.807) is 6.92 Å². The van der Waals surface area contributed by atoms with Crippen LogP contribution in [0.15, 0.2) is 53.9 Å². The second kappa shape index (κ2) is 9.37. The fourth-order valence-electron chi connectivity index (χ4n) is 3.53. The maximum atomic E-state index is 15.1. The number of carbonyl (C=O) groups is 1. The van der Waals surface area contributed by atoms with Crippen LogP contribution in [0.3, 0.4) is 0 Å². The summed E-state index contributed by atoms with van der Waals surface area (Å²) in [5, 5.41) is 4.95. The van der Waals surface area contributed by atoms with Crippen LogP contribution in [-0.4, -0.2) is 43.3 Å². The topological polar surface area (TPSA) is 165 Å². The van der Waals surface area contributed by atoms with Crippen LogP contribution < -0.4 is 9.86 Å². The summed E-state index contributed by atoms with van der Waals surface area (Å²) >= 11 is 0. The third-order valence-corrected chi connectivity index (χ3v) is 7.49. The highest BCUT2D eigenvalue weighted by Crippen LogP contribution is 2.29. The Kier molecular flexibility index (Phi) is 6.60. The third-order valence-electron chi connectivity index (χ3n) is 5.19. The zero-order valence-electron chi connectivity index (χ0n) is 18.6. The zero-order valence-corrected chi connectivity index (χ0v) is 20.3. The van der Waals surface area contributed by atoms with Gasteiger partial charge in [-0.15, -0.1) is 0 Å². The number of halogens is 2. The molecule has 1 aromatic carbocycles. The summed E-state index contributed by atoms with van der Waals surface area (Å²) in [6.45, 7) is 1.62. The summed E-state index contributed by atoms with van der Waals surface area (Å²) in [6, 6.07) is 5.87. The van der Waals surface area contributed by atoms with Gasteiger partial charge < -0.3 is 4.98 Å². The number of hydrogen-bond acceptors (Lipinski definition) is 7. The molecule has 0 unspecified atom stereocenters. The van der Waals surface area contributed by atoms with Gasteiger partial charge in [-0.25, -0.2) is 40.7 Å². The maximum absolute atomic E-state index is 15.1. The molecule has 0 saturated carbocycles. The number of rotatable bonds is 8. The van der Waals surface area contributed by atoms with Crippen molar-refractivity contribution in [3.05, 3.63) is 71.7 Å². The minimum Gasteiger partial charge on any atom is -0.345 e. The van der Waals surface area contributed by atoms with Crippen LogP contribution >= 0.6 is 0 Å². The number of sulfonamides is 2. The van der Waals surface area contributed by atoms with E-state index in [4.69, 9.17) is 5.14 Å². The van der Waals surface area contributed by atoms with Gasteiger partial charge in [0.2, 0.25) is 15.8 Å². The number of anilines is 1. The molecule has 4 N–H and O–H groups in total. The Morgan fingerprint density at radius 2 is 1.78 bits per heavy atom. The van der Waals surface area contributed by atoms with E-state index < -0.39 is 48.7 Å². The van der Waals surface area contributed by atoms with Crippen LogP contribution in [0.5, 0.6) is 0 Å². The predicted octanol–water partition coefficient (Wildman–Crippen LogP) is 2.93. The molecular weight excluding hydrogens is 516 g/mol. The summed E-state index contributed by atoms with van der Waals surface area (Å²) in [6.07, 6.45) is 4.20. The van der Waals surface area contributed by atoms with Crippen molar-refractivity contribution in [1.82, 2.24) is 15.0 Å². The van der Waals surface area contributed by atoms with Crippen LogP contribution in [0.1, 0.15) is 29.3 Å². The van der Waals surface area contributed by atoms with Gasteiger partial charge in [0, 0.05) is 40.7 Å². The number of fused-ring (bicyclic) bond motifs is 1. The van der Waals surface area contributed by atoms with Gasteiger partial charge in [0.15, 0.2) is 10.8 Å². The van der Waals surface area contributed by atoms with Gasteiger partial charge in [0.25, 0.3) is 10.0 Å². The third kappa shape index (κ3) is 4.96. The summed E-state index contributed by atoms with van der Waals surface area (Å²) in [7, 11) is -7.88. The lowest BCUT2D eigenvalue weighted by molar-refractivity contribution is 0.103. The van der Waals surface area contributed by atoms with Gasteiger partial charge >= 0.3 is 0 Å². The first-order chi connectivity index (χ1) is 16.9. The van der Waals surface area contributed by atoms with Crippen LogP contribution in [0.2, 0.25) is 0 Å². The number of pyridine rings is 2. The van der Waals surface area contributed by atoms with Crippen LogP contribution in [0.4, 0.5) is 14.5 Å². The molecule has 0 aliphatic carbocycles. The molecule has 188 valence electrons. The van der Waals surface area contributed by atoms with Crippen molar-refractivity contribution in [2.75, 3.05) is 10.5 Å². The highest BCUT2D eigenvalue weighted by atomic mass is 32.2. The zero-order chi connectivity index (χ0) is 26.3. The van der Waals surface area contributed by atoms with Crippen molar-refractivity contribution >= 4 is 42.6 Å². The molecule has 4 aromatic rings. The second-order valence-corrected chi connectivity index (χ2v) is 11.1. The Morgan fingerprint density at radius 3 is 2.42 bits per heavy atom. The van der Waals surface area contributed by atoms with Crippen molar-refractivity contribution in [2.24, 2.45) is 5.14 Å². The molecule has 0 saturated heterocycles. The molecular formula is C22H19F2N5O5S2. The minimum absolute atomic E-state index is 0.111. The number of nitrogens with one attached hydrogen (secondary N) is 2. The smallest absolute Gasteiger partial charge is 0.255 e.